The number of benzene rings is 2. The van der Waals surface area contributed by atoms with Gasteiger partial charge in [0.1, 0.15) is 17.2 Å². The molecule has 0 saturated carbocycles. The van der Waals surface area contributed by atoms with Gasteiger partial charge >= 0.3 is 0 Å². The van der Waals surface area contributed by atoms with Crippen molar-refractivity contribution in [2.75, 3.05) is 7.11 Å². The highest BCUT2D eigenvalue weighted by molar-refractivity contribution is 9.10. The summed E-state index contributed by atoms with van der Waals surface area (Å²) < 4.78 is 6.04. The third-order valence-corrected chi connectivity index (χ3v) is 3.20. The van der Waals surface area contributed by atoms with E-state index in [1.807, 2.05) is 0 Å². The molecular weight excluding hydrogens is 340 g/mol. The lowest BCUT2D eigenvalue weighted by molar-refractivity contribution is -0.384. The zero-order valence-corrected chi connectivity index (χ0v) is 12.6. The summed E-state index contributed by atoms with van der Waals surface area (Å²) in [7, 11) is 1.52. The molecule has 2 aromatic carbocycles. The largest absolute Gasteiger partial charge is 0.507 e. The fraction of sp³-hybridized carbons (Fsp3) is 0.0714. The predicted molar refractivity (Wildman–Crippen MR) is 82.7 cm³/mol. The molecule has 1 N–H and O–H groups in total. The molecule has 7 heteroatoms. The first-order chi connectivity index (χ1) is 10.0. The van der Waals surface area contributed by atoms with Gasteiger partial charge in [-0.1, -0.05) is 15.9 Å². The van der Waals surface area contributed by atoms with Crippen molar-refractivity contribution in [1.29, 1.82) is 0 Å². The fourth-order valence-corrected chi connectivity index (χ4v) is 2.00. The molecule has 2 aromatic rings. The standard InChI is InChI=1S/C14H11BrN2O4/c1-21-14-7-10(15)2-4-12(14)16-8-9-6-11(17(19)20)3-5-13(9)18/h2-8,18H,1H3. The first-order valence-corrected chi connectivity index (χ1v) is 6.65. The maximum absolute atomic E-state index is 10.7. The van der Waals surface area contributed by atoms with E-state index in [-0.39, 0.29) is 17.0 Å². The van der Waals surface area contributed by atoms with Gasteiger partial charge < -0.3 is 9.84 Å². The number of methoxy groups -OCH3 is 1. The molecule has 108 valence electrons. The third-order valence-electron chi connectivity index (χ3n) is 2.71. The molecule has 0 bridgehead atoms. The maximum Gasteiger partial charge on any atom is 0.270 e. The van der Waals surface area contributed by atoms with Gasteiger partial charge in [0, 0.05) is 28.4 Å². The van der Waals surface area contributed by atoms with Gasteiger partial charge in [0.05, 0.1) is 12.0 Å². The van der Waals surface area contributed by atoms with Crippen LogP contribution >= 0.6 is 15.9 Å². The van der Waals surface area contributed by atoms with Gasteiger partial charge in [-0.2, -0.15) is 0 Å². The van der Waals surface area contributed by atoms with Crippen molar-refractivity contribution in [1.82, 2.24) is 0 Å². The van der Waals surface area contributed by atoms with Crippen LogP contribution in [-0.2, 0) is 0 Å². The number of rotatable bonds is 4. The van der Waals surface area contributed by atoms with Gasteiger partial charge in [-0.25, -0.2) is 0 Å². The first-order valence-electron chi connectivity index (χ1n) is 5.86. The molecule has 0 radical (unpaired) electrons. The van der Waals surface area contributed by atoms with Crippen LogP contribution in [0.4, 0.5) is 11.4 Å². The Kier molecular flexibility index (Phi) is 4.54. The van der Waals surface area contributed by atoms with Crippen LogP contribution in [0.2, 0.25) is 0 Å². The van der Waals surface area contributed by atoms with Gasteiger partial charge in [-0.05, 0) is 24.3 Å². The molecule has 0 aromatic heterocycles. The predicted octanol–water partition coefficient (Wildman–Crippen LogP) is 3.82. The van der Waals surface area contributed by atoms with E-state index in [9.17, 15) is 15.2 Å². The van der Waals surface area contributed by atoms with Crippen LogP contribution < -0.4 is 4.74 Å². The Bertz CT molecular complexity index is 716. The zero-order valence-electron chi connectivity index (χ0n) is 11.0. The second kappa shape index (κ2) is 6.36. The Morgan fingerprint density at radius 2 is 2.10 bits per heavy atom. The lowest BCUT2D eigenvalue weighted by Crippen LogP contribution is -1.90. The molecule has 0 amide bonds. The molecule has 0 saturated heterocycles. The molecule has 0 aliphatic carbocycles. The first kappa shape index (κ1) is 15.0. The molecule has 6 nitrogen and oxygen atoms in total. The van der Waals surface area contributed by atoms with E-state index >= 15 is 0 Å². The monoisotopic (exact) mass is 350 g/mol. The van der Waals surface area contributed by atoms with Crippen molar-refractivity contribution in [2.24, 2.45) is 4.99 Å². The van der Waals surface area contributed by atoms with Gasteiger partial charge in [-0.3, -0.25) is 15.1 Å². The number of phenolic OH excluding ortho intramolecular Hbond substituents is 1. The Hall–Kier alpha value is -2.41. The minimum Gasteiger partial charge on any atom is -0.507 e. The van der Waals surface area contributed by atoms with E-state index in [4.69, 9.17) is 4.74 Å². The molecule has 0 aliphatic rings. The van der Waals surface area contributed by atoms with Crippen molar-refractivity contribution in [2.45, 2.75) is 0 Å². The van der Waals surface area contributed by atoms with Gasteiger partial charge in [0.15, 0.2) is 0 Å². The Labute approximate surface area is 129 Å². The Morgan fingerprint density at radius 3 is 2.76 bits per heavy atom. The number of nitrogens with zero attached hydrogens (tertiary/aromatic N) is 2. The number of phenols is 1. The van der Waals surface area contributed by atoms with Crippen LogP contribution in [0.5, 0.6) is 11.5 Å². The number of halogens is 1. The highest BCUT2D eigenvalue weighted by Crippen LogP contribution is 2.31. The lowest BCUT2D eigenvalue weighted by Gasteiger charge is -2.04. The normalized spacial score (nSPS) is 10.8. The van der Waals surface area contributed by atoms with Crippen LogP contribution in [0.3, 0.4) is 0 Å². The van der Waals surface area contributed by atoms with Crippen molar-refractivity contribution in [3.8, 4) is 11.5 Å². The highest BCUT2D eigenvalue weighted by atomic mass is 79.9. The van der Waals surface area contributed by atoms with Crippen molar-refractivity contribution >= 4 is 33.5 Å². The zero-order chi connectivity index (χ0) is 15.4. The molecule has 21 heavy (non-hydrogen) atoms. The summed E-state index contributed by atoms with van der Waals surface area (Å²) in [5.41, 5.74) is 0.692. The molecule has 0 aliphatic heterocycles. The summed E-state index contributed by atoms with van der Waals surface area (Å²) in [5.74, 6) is 0.464. The molecule has 0 heterocycles. The highest BCUT2D eigenvalue weighted by Gasteiger charge is 2.09. The maximum atomic E-state index is 10.7. The second-order valence-corrected chi connectivity index (χ2v) is 4.99. The molecule has 0 spiro atoms. The summed E-state index contributed by atoms with van der Waals surface area (Å²) in [6.07, 6.45) is 1.36. The minimum atomic E-state index is -0.531. The Balaban J connectivity index is 2.37. The number of nitro benzene ring substituents is 1. The van der Waals surface area contributed by atoms with Crippen molar-refractivity contribution in [3.63, 3.8) is 0 Å². The molecule has 0 fully saturated rings. The average Bonchev–Trinajstić information content (AvgIpc) is 2.47. The van der Waals surface area contributed by atoms with E-state index in [0.717, 1.165) is 4.47 Å². The fourth-order valence-electron chi connectivity index (χ4n) is 1.66. The van der Waals surface area contributed by atoms with E-state index in [1.165, 1.54) is 31.5 Å². The number of aliphatic imine (C=N–C) groups is 1. The number of hydrogen-bond acceptors (Lipinski definition) is 5. The summed E-state index contributed by atoms with van der Waals surface area (Å²) in [5, 5.41) is 20.4. The summed E-state index contributed by atoms with van der Waals surface area (Å²) in [6.45, 7) is 0. The minimum absolute atomic E-state index is 0.0829. The molecule has 2 rings (SSSR count). The van der Waals surface area contributed by atoms with Crippen molar-refractivity contribution in [3.05, 3.63) is 56.5 Å². The second-order valence-electron chi connectivity index (χ2n) is 4.07. The van der Waals surface area contributed by atoms with E-state index in [1.54, 1.807) is 18.2 Å². The van der Waals surface area contributed by atoms with E-state index < -0.39 is 4.92 Å². The SMILES string of the molecule is COc1cc(Br)ccc1N=Cc1cc([N+](=O)[O-])ccc1O. The van der Waals surface area contributed by atoms with Crippen LogP contribution in [0.1, 0.15) is 5.56 Å². The number of hydrogen-bond donors (Lipinski definition) is 1. The van der Waals surface area contributed by atoms with Crippen molar-refractivity contribution < 1.29 is 14.8 Å². The summed E-state index contributed by atoms with van der Waals surface area (Å²) in [6, 6.07) is 9.02. The summed E-state index contributed by atoms with van der Waals surface area (Å²) >= 11 is 3.32. The topological polar surface area (TPSA) is 85.0 Å². The third kappa shape index (κ3) is 3.57. The molecule has 0 unspecified atom stereocenters. The average molecular weight is 351 g/mol. The number of nitro groups is 1. The number of ether oxygens (including phenoxy) is 1. The van der Waals surface area contributed by atoms with Crippen LogP contribution in [0.25, 0.3) is 0 Å². The summed E-state index contributed by atoms with van der Waals surface area (Å²) in [4.78, 5) is 14.4. The number of non-ortho nitro benzene ring substituents is 1. The number of aromatic hydroxyl groups is 1. The van der Waals surface area contributed by atoms with Crippen LogP contribution in [-0.4, -0.2) is 23.4 Å². The quantitative estimate of drug-likeness (QED) is 0.515. The lowest BCUT2D eigenvalue weighted by atomic mass is 10.2. The van der Waals surface area contributed by atoms with Crippen LogP contribution in [0.15, 0.2) is 45.9 Å². The van der Waals surface area contributed by atoms with E-state index in [0.29, 0.717) is 11.4 Å². The molecular formula is C14H11BrN2O4. The smallest absolute Gasteiger partial charge is 0.270 e. The van der Waals surface area contributed by atoms with E-state index in [2.05, 4.69) is 20.9 Å². The van der Waals surface area contributed by atoms with Gasteiger partial charge in [-0.15, -0.1) is 0 Å². The Morgan fingerprint density at radius 1 is 1.33 bits per heavy atom. The molecule has 0 atom stereocenters. The van der Waals surface area contributed by atoms with Gasteiger partial charge in [0.25, 0.3) is 5.69 Å². The van der Waals surface area contributed by atoms with Gasteiger partial charge in [0.2, 0.25) is 0 Å². The van der Waals surface area contributed by atoms with Crippen LogP contribution in [0, 0.1) is 10.1 Å².